The van der Waals surface area contributed by atoms with Crippen molar-refractivity contribution in [3.8, 4) is 5.75 Å². The van der Waals surface area contributed by atoms with Gasteiger partial charge in [0, 0.05) is 23.1 Å². The Kier molecular flexibility index (Phi) is 5.34. The summed E-state index contributed by atoms with van der Waals surface area (Å²) in [5.41, 5.74) is 2.15. The van der Waals surface area contributed by atoms with Crippen molar-refractivity contribution in [1.82, 2.24) is 9.97 Å². The highest BCUT2D eigenvalue weighted by Crippen LogP contribution is 2.28. The maximum atomic E-state index is 11.5. The molecule has 0 saturated heterocycles. The summed E-state index contributed by atoms with van der Waals surface area (Å²) < 4.78 is 5.14. The lowest BCUT2D eigenvalue weighted by Gasteiger charge is -2.10. The fourth-order valence-electron chi connectivity index (χ4n) is 2.33. The average Bonchev–Trinajstić information content (AvgIpc) is 2.62. The van der Waals surface area contributed by atoms with Crippen LogP contribution in [0.3, 0.4) is 0 Å². The molecule has 26 heavy (non-hydrogen) atoms. The van der Waals surface area contributed by atoms with Crippen molar-refractivity contribution in [1.29, 1.82) is 0 Å². The minimum absolute atomic E-state index is 0.00933. The third kappa shape index (κ3) is 4.29. The molecule has 7 heteroatoms. The molecule has 0 fully saturated rings. The smallest absolute Gasteiger partial charge is 0.229 e. The van der Waals surface area contributed by atoms with E-state index in [1.807, 2.05) is 18.2 Å². The summed E-state index contributed by atoms with van der Waals surface area (Å²) in [6.45, 7) is 1.53. The molecule has 0 atom stereocenters. The highest BCUT2D eigenvalue weighted by atomic mass is 35.5. The first-order valence-corrected chi connectivity index (χ1v) is 8.24. The molecule has 6 nitrogen and oxygen atoms in total. The minimum Gasteiger partial charge on any atom is -0.495 e. The van der Waals surface area contributed by atoms with Gasteiger partial charge in [-0.2, -0.15) is 4.98 Å². The number of ketones is 1. The van der Waals surface area contributed by atoms with Gasteiger partial charge >= 0.3 is 0 Å². The van der Waals surface area contributed by atoms with Gasteiger partial charge in [0.25, 0.3) is 0 Å². The molecule has 132 valence electrons. The first kappa shape index (κ1) is 17.7. The van der Waals surface area contributed by atoms with Crippen LogP contribution in [0.1, 0.15) is 17.3 Å². The number of hydrogen-bond acceptors (Lipinski definition) is 6. The van der Waals surface area contributed by atoms with Crippen molar-refractivity contribution in [2.75, 3.05) is 17.7 Å². The summed E-state index contributed by atoms with van der Waals surface area (Å²) in [6, 6.07) is 14.3. The van der Waals surface area contributed by atoms with Gasteiger partial charge in [0.05, 0.1) is 12.1 Å². The highest BCUT2D eigenvalue weighted by molar-refractivity contribution is 6.32. The quantitative estimate of drug-likeness (QED) is 0.607. The molecular weight excluding hydrogens is 352 g/mol. The first-order chi connectivity index (χ1) is 12.5. The molecule has 0 unspecified atom stereocenters. The number of benzene rings is 2. The van der Waals surface area contributed by atoms with E-state index >= 15 is 0 Å². The number of nitrogens with zero attached hydrogens (tertiary/aromatic N) is 2. The predicted octanol–water partition coefficient (Wildman–Crippen LogP) is 4.83. The van der Waals surface area contributed by atoms with E-state index in [2.05, 4.69) is 20.6 Å². The molecule has 0 aliphatic carbocycles. The Bertz CT molecular complexity index is 946. The van der Waals surface area contributed by atoms with Crippen LogP contribution in [0.5, 0.6) is 5.75 Å². The molecule has 3 aromatic rings. The number of nitrogens with one attached hydrogen (secondary N) is 2. The minimum atomic E-state index is 0.00933. The molecule has 0 amide bonds. The Morgan fingerprint density at radius 1 is 1.08 bits per heavy atom. The second-order valence-corrected chi connectivity index (χ2v) is 5.91. The van der Waals surface area contributed by atoms with Gasteiger partial charge in [0.2, 0.25) is 5.95 Å². The summed E-state index contributed by atoms with van der Waals surface area (Å²) >= 11 is 6.13. The molecule has 1 aromatic heterocycles. The zero-order valence-electron chi connectivity index (χ0n) is 14.3. The molecule has 0 aliphatic heterocycles. The summed E-state index contributed by atoms with van der Waals surface area (Å²) in [5, 5.41) is 6.75. The Labute approximate surface area is 156 Å². The van der Waals surface area contributed by atoms with Crippen molar-refractivity contribution in [2.45, 2.75) is 6.92 Å². The number of methoxy groups -OCH3 is 1. The Morgan fingerprint density at radius 2 is 1.88 bits per heavy atom. The van der Waals surface area contributed by atoms with E-state index in [1.165, 1.54) is 6.92 Å². The number of hydrogen-bond donors (Lipinski definition) is 2. The van der Waals surface area contributed by atoms with E-state index < -0.39 is 0 Å². The van der Waals surface area contributed by atoms with Gasteiger partial charge in [-0.1, -0.05) is 23.7 Å². The molecule has 2 N–H and O–H groups in total. The Hall–Kier alpha value is -3.12. The average molecular weight is 369 g/mol. The van der Waals surface area contributed by atoms with Crippen LogP contribution < -0.4 is 15.4 Å². The topological polar surface area (TPSA) is 76.1 Å². The van der Waals surface area contributed by atoms with Gasteiger partial charge in [0.1, 0.15) is 11.6 Å². The van der Waals surface area contributed by atoms with Crippen molar-refractivity contribution < 1.29 is 9.53 Å². The van der Waals surface area contributed by atoms with Crippen LogP contribution in [-0.2, 0) is 0 Å². The Balaban J connectivity index is 1.77. The zero-order chi connectivity index (χ0) is 18.5. The van der Waals surface area contributed by atoms with Crippen LogP contribution >= 0.6 is 11.6 Å². The van der Waals surface area contributed by atoms with Gasteiger partial charge in [-0.25, -0.2) is 4.98 Å². The molecule has 3 rings (SSSR count). The molecule has 0 saturated carbocycles. The number of ether oxygens (including phenoxy) is 1. The lowest BCUT2D eigenvalue weighted by atomic mass is 10.1. The maximum absolute atomic E-state index is 11.5. The van der Waals surface area contributed by atoms with Crippen LogP contribution in [0.2, 0.25) is 5.02 Å². The van der Waals surface area contributed by atoms with Crippen LogP contribution in [-0.4, -0.2) is 22.9 Å². The molecular formula is C19H17ClN4O2. The van der Waals surface area contributed by atoms with Crippen LogP contribution in [0.25, 0.3) is 0 Å². The number of Topliss-reactive ketones (excluding diaryl/α,β-unsaturated/α-hetero) is 1. The standard InChI is InChI=1S/C19H17ClN4O2/c1-12(25)13-4-3-5-14(10-13)22-18-8-9-21-19(24-18)23-15-6-7-17(26-2)16(20)11-15/h3-11H,1-2H3,(H2,21,22,23,24). The fourth-order valence-corrected chi connectivity index (χ4v) is 2.58. The molecule has 0 radical (unpaired) electrons. The van der Waals surface area contributed by atoms with Gasteiger partial charge in [0.15, 0.2) is 5.78 Å². The van der Waals surface area contributed by atoms with Crippen LogP contribution in [0.15, 0.2) is 54.7 Å². The van der Waals surface area contributed by atoms with Crippen LogP contribution in [0, 0.1) is 0 Å². The van der Waals surface area contributed by atoms with E-state index in [-0.39, 0.29) is 5.78 Å². The van der Waals surface area contributed by atoms with E-state index in [0.29, 0.717) is 28.1 Å². The zero-order valence-corrected chi connectivity index (χ0v) is 15.0. The van der Waals surface area contributed by atoms with E-state index in [1.54, 1.807) is 43.6 Å². The number of halogens is 1. The molecule has 0 aliphatic rings. The van der Waals surface area contributed by atoms with Gasteiger partial charge in [-0.05, 0) is 43.3 Å². The first-order valence-electron chi connectivity index (χ1n) is 7.87. The van der Waals surface area contributed by atoms with E-state index in [4.69, 9.17) is 16.3 Å². The normalized spacial score (nSPS) is 10.3. The lowest BCUT2D eigenvalue weighted by molar-refractivity contribution is 0.101. The van der Waals surface area contributed by atoms with E-state index in [0.717, 1.165) is 11.4 Å². The van der Waals surface area contributed by atoms with Crippen molar-refractivity contribution >= 4 is 40.5 Å². The second-order valence-electron chi connectivity index (χ2n) is 5.50. The summed E-state index contributed by atoms with van der Waals surface area (Å²) in [5.74, 6) is 1.62. The lowest BCUT2D eigenvalue weighted by Crippen LogP contribution is -2.01. The molecule has 1 heterocycles. The third-order valence-corrected chi connectivity index (χ3v) is 3.90. The summed E-state index contributed by atoms with van der Waals surface area (Å²) in [6.07, 6.45) is 1.64. The largest absolute Gasteiger partial charge is 0.495 e. The number of carbonyl (C=O) groups excluding carboxylic acids is 1. The SMILES string of the molecule is COc1ccc(Nc2nccc(Nc3cccc(C(C)=O)c3)n2)cc1Cl. The van der Waals surface area contributed by atoms with E-state index in [9.17, 15) is 4.79 Å². The molecule has 0 bridgehead atoms. The van der Waals surface area contributed by atoms with Crippen LogP contribution in [0.4, 0.5) is 23.1 Å². The van der Waals surface area contributed by atoms with Gasteiger partial charge < -0.3 is 15.4 Å². The van der Waals surface area contributed by atoms with Crippen molar-refractivity contribution in [2.24, 2.45) is 0 Å². The monoisotopic (exact) mass is 368 g/mol. The summed E-state index contributed by atoms with van der Waals surface area (Å²) in [7, 11) is 1.56. The fraction of sp³-hybridized carbons (Fsp3) is 0.105. The predicted molar refractivity (Wildman–Crippen MR) is 103 cm³/mol. The highest BCUT2D eigenvalue weighted by Gasteiger charge is 2.05. The van der Waals surface area contributed by atoms with Gasteiger partial charge in [-0.15, -0.1) is 0 Å². The molecule has 2 aromatic carbocycles. The Morgan fingerprint density at radius 3 is 2.62 bits per heavy atom. The number of rotatable bonds is 6. The molecule has 0 spiro atoms. The summed E-state index contributed by atoms with van der Waals surface area (Å²) in [4.78, 5) is 20.1. The van der Waals surface area contributed by atoms with Gasteiger partial charge in [-0.3, -0.25) is 4.79 Å². The third-order valence-electron chi connectivity index (χ3n) is 3.61. The maximum Gasteiger partial charge on any atom is 0.229 e. The van der Waals surface area contributed by atoms with Crippen molar-refractivity contribution in [3.63, 3.8) is 0 Å². The number of carbonyl (C=O) groups is 1. The number of anilines is 4. The number of aromatic nitrogens is 2. The second kappa shape index (κ2) is 7.84. The van der Waals surface area contributed by atoms with Crippen molar-refractivity contribution in [3.05, 3.63) is 65.3 Å².